The van der Waals surface area contributed by atoms with Crippen molar-refractivity contribution < 1.29 is 18.4 Å². The van der Waals surface area contributed by atoms with Crippen molar-refractivity contribution in [1.29, 1.82) is 0 Å². The minimum absolute atomic E-state index is 0.0578. The fourth-order valence-corrected chi connectivity index (χ4v) is 4.15. The lowest BCUT2D eigenvalue weighted by Crippen LogP contribution is -2.34. The summed E-state index contributed by atoms with van der Waals surface area (Å²) in [7, 11) is 1.62. The Labute approximate surface area is 162 Å². The highest BCUT2D eigenvalue weighted by molar-refractivity contribution is 6.00. The van der Waals surface area contributed by atoms with Gasteiger partial charge in [0.15, 0.2) is 11.6 Å². The van der Waals surface area contributed by atoms with Crippen LogP contribution in [0.3, 0.4) is 0 Å². The van der Waals surface area contributed by atoms with E-state index in [4.69, 9.17) is 0 Å². The zero-order valence-corrected chi connectivity index (χ0v) is 15.8. The van der Waals surface area contributed by atoms with Gasteiger partial charge in [-0.1, -0.05) is 12.1 Å². The summed E-state index contributed by atoms with van der Waals surface area (Å²) < 4.78 is 26.5. The van der Waals surface area contributed by atoms with Gasteiger partial charge in [0.25, 0.3) is 0 Å². The van der Waals surface area contributed by atoms with Crippen molar-refractivity contribution in [3.05, 3.63) is 64.7 Å². The summed E-state index contributed by atoms with van der Waals surface area (Å²) in [6.07, 6.45) is 3.42. The van der Waals surface area contributed by atoms with E-state index in [1.54, 1.807) is 11.9 Å². The first-order chi connectivity index (χ1) is 13.4. The summed E-state index contributed by atoms with van der Waals surface area (Å²) in [6, 6.07) is 9.71. The van der Waals surface area contributed by atoms with Crippen LogP contribution in [-0.2, 0) is 29.0 Å². The molecule has 4 nitrogen and oxygen atoms in total. The third kappa shape index (κ3) is 3.51. The Kier molecular flexibility index (Phi) is 4.87. The van der Waals surface area contributed by atoms with E-state index in [-0.39, 0.29) is 24.8 Å². The van der Waals surface area contributed by atoms with Crippen LogP contribution in [0, 0.1) is 17.6 Å². The van der Waals surface area contributed by atoms with Gasteiger partial charge in [0, 0.05) is 32.2 Å². The van der Waals surface area contributed by atoms with Crippen LogP contribution in [0.4, 0.5) is 14.5 Å². The molecule has 146 valence electrons. The molecule has 1 aliphatic heterocycles. The van der Waals surface area contributed by atoms with Gasteiger partial charge in [-0.25, -0.2) is 8.78 Å². The van der Waals surface area contributed by atoms with Gasteiger partial charge in [-0.05, 0) is 60.2 Å². The third-order valence-corrected chi connectivity index (χ3v) is 5.65. The lowest BCUT2D eigenvalue weighted by molar-refractivity contribution is -0.135. The minimum Gasteiger partial charge on any atom is -0.341 e. The van der Waals surface area contributed by atoms with Gasteiger partial charge in [0.05, 0.1) is 5.92 Å². The summed E-state index contributed by atoms with van der Waals surface area (Å²) in [4.78, 5) is 28.5. The summed E-state index contributed by atoms with van der Waals surface area (Å²) >= 11 is 0. The SMILES string of the molecule is CN(Cc1ccc(F)c(F)c1)C(=O)C1CC(=O)N(c2ccc3c(c2)CCC3)C1. The number of amides is 2. The second kappa shape index (κ2) is 7.34. The van der Waals surface area contributed by atoms with E-state index in [0.29, 0.717) is 12.1 Å². The van der Waals surface area contributed by atoms with Gasteiger partial charge in [0.2, 0.25) is 11.8 Å². The van der Waals surface area contributed by atoms with Gasteiger partial charge in [-0.2, -0.15) is 0 Å². The molecule has 1 atom stereocenters. The lowest BCUT2D eigenvalue weighted by Gasteiger charge is -2.22. The van der Waals surface area contributed by atoms with Crippen molar-refractivity contribution in [2.24, 2.45) is 5.92 Å². The van der Waals surface area contributed by atoms with Crippen LogP contribution in [0.1, 0.15) is 29.5 Å². The summed E-state index contributed by atoms with van der Waals surface area (Å²) in [5.41, 5.74) is 3.99. The number of carbonyl (C=O) groups excluding carboxylic acids is 2. The van der Waals surface area contributed by atoms with Crippen LogP contribution < -0.4 is 4.90 Å². The number of hydrogen-bond acceptors (Lipinski definition) is 2. The highest BCUT2D eigenvalue weighted by Gasteiger charge is 2.36. The second-order valence-corrected chi connectivity index (χ2v) is 7.65. The molecule has 0 saturated carbocycles. The van der Waals surface area contributed by atoms with Crippen molar-refractivity contribution in [2.45, 2.75) is 32.2 Å². The van der Waals surface area contributed by atoms with Crippen LogP contribution >= 0.6 is 0 Å². The average molecular weight is 384 g/mol. The van der Waals surface area contributed by atoms with E-state index in [0.717, 1.165) is 37.1 Å². The molecule has 4 rings (SSSR count). The maximum absolute atomic E-state index is 13.4. The smallest absolute Gasteiger partial charge is 0.228 e. The van der Waals surface area contributed by atoms with Crippen LogP contribution in [-0.4, -0.2) is 30.3 Å². The summed E-state index contributed by atoms with van der Waals surface area (Å²) in [5, 5.41) is 0. The molecule has 2 aliphatic rings. The van der Waals surface area contributed by atoms with Crippen LogP contribution in [0.15, 0.2) is 36.4 Å². The Hall–Kier alpha value is -2.76. The van der Waals surface area contributed by atoms with Crippen molar-refractivity contribution >= 4 is 17.5 Å². The lowest BCUT2D eigenvalue weighted by atomic mass is 10.1. The molecule has 0 aromatic heterocycles. The van der Waals surface area contributed by atoms with Crippen LogP contribution in [0.25, 0.3) is 0 Å². The maximum Gasteiger partial charge on any atom is 0.228 e. The van der Waals surface area contributed by atoms with E-state index in [1.807, 2.05) is 6.07 Å². The minimum atomic E-state index is -0.933. The van der Waals surface area contributed by atoms with Crippen molar-refractivity contribution in [3.8, 4) is 0 Å². The molecule has 1 fully saturated rings. The second-order valence-electron chi connectivity index (χ2n) is 7.65. The molecular weight excluding hydrogens is 362 g/mol. The number of halogens is 2. The molecule has 2 aromatic carbocycles. The van der Waals surface area contributed by atoms with Crippen LogP contribution in [0.5, 0.6) is 0 Å². The van der Waals surface area contributed by atoms with Crippen LogP contribution in [0.2, 0.25) is 0 Å². The zero-order valence-electron chi connectivity index (χ0n) is 15.8. The Morgan fingerprint density at radius 3 is 2.68 bits per heavy atom. The Bertz CT molecular complexity index is 944. The first-order valence-electron chi connectivity index (χ1n) is 9.53. The number of hydrogen-bond donors (Lipinski definition) is 0. The van der Waals surface area contributed by atoms with Crippen molar-refractivity contribution in [3.63, 3.8) is 0 Å². The van der Waals surface area contributed by atoms with Gasteiger partial charge >= 0.3 is 0 Å². The summed E-state index contributed by atoms with van der Waals surface area (Å²) in [5.74, 6) is -2.50. The summed E-state index contributed by atoms with van der Waals surface area (Å²) in [6.45, 7) is 0.512. The first kappa shape index (κ1) is 18.6. The molecule has 28 heavy (non-hydrogen) atoms. The molecule has 2 aromatic rings. The average Bonchev–Trinajstić information content (AvgIpc) is 3.29. The maximum atomic E-state index is 13.4. The Balaban J connectivity index is 1.44. The Morgan fingerprint density at radius 1 is 1.11 bits per heavy atom. The van der Waals surface area contributed by atoms with Gasteiger partial charge in [0.1, 0.15) is 0 Å². The normalized spacial score (nSPS) is 18.5. The van der Waals surface area contributed by atoms with E-state index in [1.165, 1.54) is 22.1 Å². The van der Waals surface area contributed by atoms with Crippen molar-refractivity contribution in [2.75, 3.05) is 18.5 Å². The number of aryl methyl sites for hydroxylation is 2. The number of nitrogens with zero attached hydrogens (tertiary/aromatic N) is 2. The molecule has 0 N–H and O–H groups in total. The van der Waals surface area contributed by atoms with E-state index in [9.17, 15) is 18.4 Å². The molecule has 2 amide bonds. The molecule has 0 spiro atoms. The monoisotopic (exact) mass is 384 g/mol. The highest BCUT2D eigenvalue weighted by atomic mass is 19.2. The molecule has 1 unspecified atom stereocenters. The molecule has 0 radical (unpaired) electrons. The zero-order chi connectivity index (χ0) is 19.8. The Morgan fingerprint density at radius 2 is 1.89 bits per heavy atom. The van der Waals surface area contributed by atoms with Gasteiger partial charge in [-0.15, -0.1) is 0 Å². The number of fused-ring (bicyclic) bond motifs is 1. The fourth-order valence-electron chi connectivity index (χ4n) is 4.15. The largest absolute Gasteiger partial charge is 0.341 e. The third-order valence-electron chi connectivity index (χ3n) is 5.65. The predicted octanol–water partition coefficient (Wildman–Crippen LogP) is 3.47. The van der Waals surface area contributed by atoms with Gasteiger partial charge < -0.3 is 9.80 Å². The van der Waals surface area contributed by atoms with Crippen molar-refractivity contribution in [1.82, 2.24) is 4.90 Å². The number of rotatable bonds is 4. The standard InChI is InChI=1S/C22H22F2N2O2/c1-25(12-14-5-8-19(23)20(24)9-14)22(28)17-11-21(27)26(13-17)18-7-6-15-3-2-4-16(15)10-18/h5-10,17H,2-4,11-13H2,1H3. The van der Waals surface area contributed by atoms with Gasteiger partial charge in [-0.3, -0.25) is 9.59 Å². The van der Waals surface area contributed by atoms with E-state index in [2.05, 4.69) is 12.1 Å². The molecule has 1 saturated heterocycles. The molecular formula is C22H22F2N2O2. The number of carbonyl (C=O) groups is 2. The van der Waals surface area contributed by atoms with E-state index >= 15 is 0 Å². The topological polar surface area (TPSA) is 40.6 Å². The predicted molar refractivity (Wildman–Crippen MR) is 102 cm³/mol. The molecule has 6 heteroatoms. The molecule has 1 heterocycles. The molecule has 1 aliphatic carbocycles. The molecule has 0 bridgehead atoms. The number of anilines is 1. The highest BCUT2D eigenvalue weighted by Crippen LogP contribution is 2.31. The number of benzene rings is 2. The quantitative estimate of drug-likeness (QED) is 0.810. The first-order valence-corrected chi connectivity index (χ1v) is 9.53. The van der Waals surface area contributed by atoms with E-state index < -0.39 is 17.6 Å². The fraction of sp³-hybridized carbons (Fsp3) is 0.364.